The number of pyridine rings is 1. The van der Waals surface area contributed by atoms with Gasteiger partial charge in [-0.15, -0.1) is 0 Å². The molecule has 1 N–H and O–H groups in total. The van der Waals surface area contributed by atoms with Gasteiger partial charge in [-0.3, -0.25) is 4.98 Å². The van der Waals surface area contributed by atoms with Crippen LogP contribution in [-0.4, -0.2) is 14.5 Å². The predicted molar refractivity (Wildman–Crippen MR) is 89.2 cm³/mol. The van der Waals surface area contributed by atoms with Gasteiger partial charge in [0.15, 0.2) is 4.77 Å². The summed E-state index contributed by atoms with van der Waals surface area (Å²) < 4.78 is 2.99. The van der Waals surface area contributed by atoms with E-state index in [1.807, 2.05) is 18.5 Å². The van der Waals surface area contributed by atoms with Crippen LogP contribution in [0.1, 0.15) is 31.0 Å². The molecule has 21 heavy (non-hydrogen) atoms. The number of nitrogens with one attached hydrogen (secondary N) is 1. The predicted octanol–water partition coefficient (Wildman–Crippen LogP) is 4.46. The highest BCUT2D eigenvalue weighted by Crippen LogP contribution is 2.19. The fourth-order valence-corrected chi connectivity index (χ4v) is 2.97. The van der Waals surface area contributed by atoms with E-state index in [9.17, 15) is 0 Å². The first-order valence-corrected chi connectivity index (χ1v) is 7.68. The Morgan fingerprint density at radius 1 is 1.24 bits per heavy atom. The van der Waals surface area contributed by atoms with Crippen LogP contribution in [-0.2, 0) is 13.0 Å². The van der Waals surface area contributed by atoms with E-state index < -0.39 is 0 Å². The molecule has 0 amide bonds. The van der Waals surface area contributed by atoms with Gasteiger partial charge in [0.25, 0.3) is 0 Å². The zero-order valence-corrected chi connectivity index (χ0v) is 13.2. The second kappa shape index (κ2) is 5.82. The number of benzene rings is 1. The Balaban J connectivity index is 1.91. The molecule has 1 aromatic carbocycles. The largest absolute Gasteiger partial charge is 0.337 e. The highest BCUT2D eigenvalue weighted by Gasteiger charge is 2.09. The van der Waals surface area contributed by atoms with E-state index >= 15 is 0 Å². The molecule has 0 spiro atoms. The van der Waals surface area contributed by atoms with Crippen LogP contribution in [0.25, 0.3) is 10.9 Å². The van der Waals surface area contributed by atoms with Crippen molar-refractivity contribution in [2.45, 2.75) is 32.7 Å². The van der Waals surface area contributed by atoms with Crippen molar-refractivity contribution in [2.75, 3.05) is 0 Å². The second-order valence-electron chi connectivity index (χ2n) is 5.57. The topological polar surface area (TPSA) is 33.6 Å². The number of aromatic amines is 1. The maximum absolute atomic E-state index is 5.40. The number of aryl methyl sites for hydroxylation is 1. The monoisotopic (exact) mass is 297 g/mol. The quantitative estimate of drug-likeness (QED) is 0.721. The van der Waals surface area contributed by atoms with Gasteiger partial charge >= 0.3 is 0 Å². The minimum atomic E-state index is 0.462. The van der Waals surface area contributed by atoms with Gasteiger partial charge in [0, 0.05) is 30.0 Å². The molecule has 3 aromatic rings. The molecular weight excluding hydrogens is 278 g/mol. The summed E-state index contributed by atoms with van der Waals surface area (Å²) in [6.45, 7) is 5.26. The lowest BCUT2D eigenvalue weighted by Gasteiger charge is -2.11. The van der Waals surface area contributed by atoms with Gasteiger partial charge < -0.3 is 9.55 Å². The molecule has 0 unspecified atom stereocenters. The summed E-state index contributed by atoms with van der Waals surface area (Å²) in [5, 5.41) is 1.19. The van der Waals surface area contributed by atoms with Crippen LogP contribution in [0.15, 0.2) is 42.7 Å². The average molecular weight is 297 g/mol. The van der Waals surface area contributed by atoms with Crippen molar-refractivity contribution in [2.24, 2.45) is 0 Å². The Hall–Kier alpha value is -1.94. The number of nitrogens with zero attached hydrogens (tertiary/aromatic N) is 2. The first kappa shape index (κ1) is 14.0. The smallest absolute Gasteiger partial charge is 0.177 e. The molecular formula is C17H19N3S. The third kappa shape index (κ3) is 2.76. The summed E-state index contributed by atoms with van der Waals surface area (Å²) >= 11 is 5.40. The molecule has 3 nitrogen and oxygen atoms in total. The van der Waals surface area contributed by atoms with Crippen molar-refractivity contribution < 1.29 is 0 Å². The molecule has 108 valence electrons. The third-order valence-electron chi connectivity index (χ3n) is 3.81. The lowest BCUT2D eigenvalue weighted by Crippen LogP contribution is -2.07. The van der Waals surface area contributed by atoms with Crippen LogP contribution >= 0.6 is 12.2 Å². The maximum atomic E-state index is 5.40. The summed E-state index contributed by atoms with van der Waals surface area (Å²) in [5.41, 5.74) is 3.62. The Morgan fingerprint density at radius 2 is 2.05 bits per heavy atom. The lowest BCUT2D eigenvalue weighted by molar-refractivity contribution is 0.628. The number of hydrogen-bond acceptors (Lipinski definition) is 2. The normalized spacial score (nSPS) is 11.4. The summed E-state index contributed by atoms with van der Waals surface area (Å²) in [6, 6.07) is 10.4. The molecule has 3 rings (SSSR count). The Morgan fingerprint density at radius 3 is 2.86 bits per heavy atom. The molecule has 0 saturated carbocycles. The van der Waals surface area contributed by atoms with Crippen molar-refractivity contribution in [3.8, 4) is 0 Å². The van der Waals surface area contributed by atoms with Gasteiger partial charge in [0.05, 0.1) is 5.52 Å². The molecule has 2 aromatic heterocycles. The molecule has 0 radical (unpaired) electrons. The first-order valence-electron chi connectivity index (χ1n) is 7.27. The van der Waals surface area contributed by atoms with Crippen LogP contribution < -0.4 is 0 Å². The molecule has 0 aliphatic carbocycles. The van der Waals surface area contributed by atoms with Crippen LogP contribution in [0.3, 0.4) is 0 Å². The SMILES string of the molecule is CC(C)c1c[nH]c(=S)n1CCc1cccc2cccnc12. The van der Waals surface area contributed by atoms with Crippen LogP contribution in [0.2, 0.25) is 0 Å². The van der Waals surface area contributed by atoms with Crippen LogP contribution in [0.5, 0.6) is 0 Å². The van der Waals surface area contributed by atoms with Crippen molar-refractivity contribution in [1.29, 1.82) is 0 Å². The average Bonchev–Trinajstić information content (AvgIpc) is 2.86. The number of para-hydroxylation sites is 1. The maximum Gasteiger partial charge on any atom is 0.177 e. The fourth-order valence-electron chi connectivity index (χ4n) is 2.72. The van der Waals surface area contributed by atoms with Crippen LogP contribution in [0, 0.1) is 4.77 Å². The molecule has 0 aliphatic heterocycles. The number of imidazole rings is 1. The van der Waals surface area contributed by atoms with E-state index in [0.29, 0.717) is 5.92 Å². The van der Waals surface area contributed by atoms with Gasteiger partial charge in [-0.25, -0.2) is 0 Å². The van der Waals surface area contributed by atoms with E-state index in [-0.39, 0.29) is 0 Å². The van der Waals surface area contributed by atoms with Gasteiger partial charge in [0.1, 0.15) is 0 Å². The number of H-pyrrole nitrogens is 1. The van der Waals surface area contributed by atoms with Crippen molar-refractivity contribution in [1.82, 2.24) is 14.5 Å². The van der Waals surface area contributed by atoms with Gasteiger partial charge in [-0.05, 0) is 36.2 Å². The number of rotatable bonds is 4. The Bertz CT molecular complexity index is 809. The molecule has 0 saturated heterocycles. The summed E-state index contributed by atoms with van der Waals surface area (Å²) in [4.78, 5) is 7.67. The number of aromatic nitrogens is 3. The molecule has 4 heteroatoms. The van der Waals surface area contributed by atoms with Gasteiger partial charge in [-0.2, -0.15) is 0 Å². The van der Waals surface area contributed by atoms with Gasteiger partial charge in [0.2, 0.25) is 0 Å². The van der Waals surface area contributed by atoms with Crippen molar-refractivity contribution >= 4 is 23.1 Å². The van der Waals surface area contributed by atoms with E-state index in [2.05, 4.69) is 52.6 Å². The highest BCUT2D eigenvalue weighted by molar-refractivity contribution is 7.71. The number of hydrogen-bond donors (Lipinski definition) is 1. The van der Waals surface area contributed by atoms with Gasteiger partial charge in [-0.1, -0.05) is 38.1 Å². The summed E-state index contributed by atoms with van der Waals surface area (Å²) in [5.74, 6) is 0.462. The van der Waals surface area contributed by atoms with E-state index in [1.54, 1.807) is 0 Å². The molecule has 2 heterocycles. The van der Waals surface area contributed by atoms with Crippen molar-refractivity contribution in [3.63, 3.8) is 0 Å². The molecule has 0 atom stereocenters. The van der Waals surface area contributed by atoms with E-state index in [0.717, 1.165) is 23.3 Å². The zero-order valence-electron chi connectivity index (χ0n) is 12.3. The molecule has 0 aliphatic rings. The van der Waals surface area contributed by atoms with Crippen LogP contribution in [0.4, 0.5) is 0 Å². The standard InChI is InChI=1S/C17H19N3S/c1-12(2)15-11-19-17(21)20(15)10-8-14-6-3-5-13-7-4-9-18-16(13)14/h3-7,9,11-12H,8,10H2,1-2H3,(H,19,21). The molecule has 0 bridgehead atoms. The minimum Gasteiger partial charge on any atom is -0.337 e. The Labute approximate surface area is 129 Å². The highest BCUT2D eigenvalue weighted by atomic mass is 32.1. The number of fused-ring (bicyclic) bond motifs is 1. The zero-order chi connectivity index (χ0) is 14.8. The lowest BCUT2D eigenvalue weighted by atomic mass is 10.1. The van der Waals surface area contributed by atoms with E-state index in [4.69, 9.17) is 12.2 Å². The Kier molecular flexibility index (Phi) is 3.88. The van der Waals surface area contributed by atoms with E-state index in [1.165, 1.54) is 16.6 Å². The molecule has 0 fully saturated rings. The minimum absolute atomic E-state index is 0.462. The fraction of sp³-hybridized carbons (Fsp3) is 0.294. The van der Waals surface area contributed by atoms with Crippen molar-refractivity contribution in [3.05, 3.63) is 58.8 Å². The summed E-state index contributed by atoms with van der Waals surface area (Å²) in [6.07, 6.45) is 4.81. The third-order valence-corrected chi connectivity index (χ3v) is 4.15. The second-order valence-corrected chi connectivity index (χ2v) is 5.95. The summed E-state index contributed by atoms with van der Waals surface area (Å²) in [7, 11) is 0. The first-order chi connectivity index (χ1) is 10.2.